The third-order valence-electron chi connectivity index (χ3n) is 4.07. The summed E-state index contributed by atoms with van der Waals surface area (Å²) in [7, 11) is 0. The highest BCUT2D eigenvalue weighted by molar-refractivity contribution is 5.21. The molecule has 0 nitrogen and oxygen atoms in total. The van der Waals surface area contributed by atoms with Crippen molar-refractivity contribution >= 4 is 0 Å². The van der Waals surface area contributed by atoms with Crippen LogP contribution in [0.25, 0.3) is 0 Å². The summed E-state index contributed by atoms with van der Waals surface area (Å²) < 4.78 is 0. The lowest BCUT2D eigenvalue weighted by molar-refractivity contribution is 0.225. The molecule has 1 aromatic carbocycles. The van der Waals surface area contributed by atoms with Gasteiger partial charge in [0.05, 0.1) is 0 Å². The molecular formula is C15H24. The maximum Gasteiger partial charge on any atom is -0.0111 e. The zero-order valence-electron chi connectivity index (χ0n) is 10.6. The SMILES string of the molecule is CCC(c1ccccc1)C(C)(CC)CC. The van der Waals surface area contributed by atoms with Gasteiger partial charge in [-0.1, -0.05) is 70.9 Å². The quantitative estimate of drug-likeness (QED) is 0.632. The molecule has 1 atom stereocenters. The largest absolute Gasteiger partial charge is 0.0648 e. The van der Waals surface area contributed by atoms with Crippen molar-refractivity contribution in [1.29, 1.82) is 0 Å². The molecule has 1 unspecified atom stereocenters. The summed E-state index contributed by atoms with van der Waals surface area (Å²) in [5, 5.41) is 0. The first kappa shape index (κ1) is 12.3. The minimum Gasteiger partial charge on any atom is -0.0648 e. The maximum atomic E-state index is 2.42. The van der Waals surface area contributed by atoms with E-state index in [-0.39, 0.29) is 0 Å². The topological polar surface area (TPSA) is 0 Å². The van der Waals surface area contributed by atoms with Gasteiger partial charge in [0.2, 0.25) is 0 Å². The fourth-order valence-corrected chi connectivity index (χ4v) is 2.56. The van der Waals surface area contributed by atoms with E-state index in [1.807, 2.05) is 0 Å². The first-order chi connectivity index (χ1) is 7.18. The minimum atomic E-state index is 0.454. The van der Waals surface area contributed by atoms with Crippen LogP contribution < -0.4 is 0 Å². The smallest absolute Gasteiger partial charge is 0.0111 e. The molecule has 0 saturated carbocycles. The number of benzene rings is 1. The molecular weight excluding hydrogens is 180 g/mol. The fourth-order valence-electron chi connectivity index (χ4n) is 2.56. The number of hydrogen-bond acceptors (Lipinski definition) is 0. The van der Waals surface area contributed by atoms with Crippen LogP contribution >= 0.6 is 0 Å². The van der Waals surface area contributed by atoms with Crippen molar-refractivity contribution < 1.29 is 0 Å². The predicted molar refractivity (Wildman–Crippen MR) is 68.2 cm³/mol. The minimum absolute atomic E-state index is 0.454. The van der Waals surface area contributed by atoms with Gasteiger partial charge in [-0.15, -0.1) is 0 Å². The maximum absolute atomic E-state index is 2.42. The molecule has 0 aromatic heterocycles. The van der Waals surface area contributed by atoms with Gasteiger partial charge in [-0.2, -0.15) is 0 Å². The standard InChI is InChI=1S/C15H24/c1-5-14(15(4,6-2)7-3)13-11-9-8-10-12-13/h8-12,14H,5-7H2,1-4H3. The van der Waals surface area contributed by atoms with Crippen molar-refractivity contribution in [2.45, 2.75) is 52.9 Å². The van der Waals surface area contributed by atoms with Crippen molar-refractivity contribution in [2.75, 3.05) is 0 Å². The highest BCUT2D eigenvalue weighted by Gasteiger charge is 2.30. The lowest BCUT2D eigenvalue weighted by Crippen LogP contribution is -2.23. The van der Waals surface area contributed by atoms with Crippen molar-refractivity contribution in [1.82, 2.24) is 0 Å². The van der Waals surface area contributed by atoms with Crippen LogP contribution in [0.3, 0.4) is 0 Å². The summed E-state index contributed by atoms with van der Waals surface area (Å²) in [5.41, 5.74) is 1.96. The molecule has 0 aliphatic heterocycles. The van der Waals surface area contributed by atoms with E-state index in [1.165, 1.54) is 24.8 Å². The summed E-state index contributed by atoms with van der Waals surface area (Å²) in [6, 6.07) is 11.0. The van der Waals surface area contributed by atoms with E-state index < -0.39 is 0 Å². The Morgan fingerprint density at radius 1 is 1.00 bits per heavy atom. The second-order valence-electron chi connectivity index (χ2n) is 4.73. The third-order valence-corrected chi connectivity index (χ3v) is 4.07. The fraction of sp³-hybridized carbons (Fsp3) is 0.600. The molecule has 0 aliphatic rings. The molecule has 15 heavy (non-hydrogen) atoms. The van der Waals surface area contributed by atoms with Crippen LogP contribution in [0.15, 0.2) is 30.3 Å². The summed E-state index contributed by atoms with van der Waals surface area (Å²) in [6.45, 7) is 9.36. The first-order valence-corrected chi connectivity index (χ1v) is 6.22. The van der Waals surface area contributed by atoms with Gasteiger partial charge in [0.25, 0.3) is 0 Å². The second-order valence-corrected chi connectivity index (χ2v) is 4.73. The molecule has 84 valence electrons. The Morgan fingerprint density at radius 2 is 1.53 bits per heavy atom. The van der Waals surface area contributed by atoms with Crippen LogP contribution in [0.2, 0.25) is 0 Å². The van der Waals surface area contributed by atoms with Crippen LogP contribution in [0.5, 0.6) is 0 Å². The van der Waals surface area contributed by atoms with Crippen molar-refractivity contribution in [3.8, 4) is 0 Å². The van der Waals surface area contributed by atoms with Crippen LogP contribution in [0.4, 0.5) is 0 Å². The molecule has 0 amide bonds. The van der Waals surface area contributed by atoms with E-state index in [2.05, 4.69) is 58.0 Å². The Hall–Kier alpha value is -0.780. The Bertz CT molecular complexity index is 269. The molecule has 0 N–H and O–H groups in total. The van der Waals surface area contributed by atoms with Crippen molar-refractivity contribution in [3.05, 3.63) is 35.9 Å². The van der Waals surface area contributed by atoms with Crippen molar-refractivity contribution in [2.24, 2.45) is 5.41 Å². The highest BCUT2D eigenvalue weighted by atomic mass is 14.3. The Balaban J connectivity index is 2.98. The number of rotatable bonds is 5. The van der Waals surface area contributed by atoms with E-state index in [0.29, 0.717) is 11.3 Å². The van der Waals surface area contributed by atoms with Crippen LogP contribution in [0, 0.1) is 5.41 Å². The van der Waals surface area contributed by atoms with E-state index >= 15 is 0 Å². The third kappa shape index (κ3) is 2.62. The van der Waals surface area contributed by atoms with Crippen LogP contribution in [-0.2, 0) is 0 Å². The molecule has 1 rings (SSSR count). The van der Waals surface area contributed by atoms with E-state index in [1.54, 1.807) is 0 Å². The first-order valence-electron chi connectivity index (χ1n) is 6.22. The van der Waals surface area contributed by atoms with Crippen molar-refractivity contribution in [3.63, 3.8) is 0 Å². The van der Waals surface area contributed by atoms with Crippen LogP contribution in [0.1, 0.15) is 58.4 Å². The molecule has 0 heteroatoms. The Kier molecular flexibility index (Phi) is 4.38. The summed E-state index contributed by atoms with van der Waals surface area (Å²) in [6.07, 6.45) is 3.76. The highest BCUT2D eigenvalue weighted by Crippen LogP contribution is 2.43. The van der Waals surface area contributed by atoms with Gasteiger partial charge in [0, 0.05) is 0 Å². The van der Waals surface area contributed by atoms with Gasteiger partial charge < -0.3 is 0 Å². The Morgan fingerprint density at radius 3 is 1.93 bits per heavy atom. The number of hydrogen-bond donors (Lipinski definition) is 0. The monoisotopic (exact) mass is 204 g/mol. The van der Waals surface area contributed by atoms with Gasteiger partial charge in [-0.05, 0) is 23.3 Å². The van der Waals surface area contributed by atoms with Crippen LogP contribution in [-0.4, -0.2) is 0 Å². The second kappa shape index (κ2) is 5.34. The Labute approximate surface area is 94.7 Å². The van der Waals surface area contributed by atoms with Gasteiger partial charge in [0.15, 0.2) is 0 Å². The molecule has 0 radical (unpaired) electrons. The molecule has 0 aliphatic carbocycles. The average Bonchev–Trinajstić information content (AvgIpc) is 2.31. The average molecular weight is 204 g/mol. The zero-order chi connectivity index (χ0) is 11.3. The van der Waals surface area contributed by atoms with Gasteiger partial charge in [-0.25, -0.2) is 0 Å². The summed E-state index contributed by atoms with van der Waals surface area (Å²) in [5.74, 6) is 0.702. The summed E-state index contributed by atoms with van der Waals surface area (Å²) >= 11 is 0. The van der Waals surface area contributed by atoms with E-state index in [4.69, 9.17) is 0 Å². The molecule has 1 aromatic rings. The zero-order valence-corrected chi connectivity index (χ0v) is 10.6. The lowest BCUT2D eigenvalue weighted by atomic mass is 9.69. The van der Waals surface area contributed by atoms with Gasteiger partial charge >= 0.3 is 0 Å². The van der Waals surface area contributed by atoms with Gasteiger partial charge in [0.1, 0.15) is 0 Å². The van der Waals surface area contributed by atoms with E-state index in [0.717, 1.165) is 0 Å². The van der Waals surface area contributed by atoms with Gasteiger partial charge in [-0.3, -0.25) is 0 Å². The molecule has 0 spiro atoms. The molecule has 0 fully saturated rings. The van der Waals surface area contributed by atoms with E-state index in [9.17, 15) is 0 Å². The molecule has 0 saturated heterocycles. The normalized spacial score (nSPS) is 13.9. The lowest BCUT2D eigenvalue weighted by Gasteiger charge is -2.36. The summed E-state index contributed by atoms with van der Waals surface area (Å²) in [4.78, 5) is 0. The molecule has 0 bridgehead atoms. The predicted octanol–water partition coefficient (Wildman–Crippen LogP) is 5.01. The molecule has 0 heterocycles.